The molecule has 1 aromatic carbocycles. The van der Waals surface area contributed by atoms with E-state index in [0.29, 0.717) is 6.04 Å². The number of para-hydroxylation sites is 2. The van der Waals surface area contributed by atoms with Crippen LogP contribution < -0.4 is 10.2 Å². The maximum absolute atomic E-state index is 5.76. The number of benzene rings is 1. The molecule has 1 fully saturated rings. The lowest BCUT2D eigenvalue weighted by Crippen LogP contribution is -2.50. The van der Waals surface area contributed by atoms with Crippen molar-refractivity contribution in [2.45, 2.75) is 13.0 Å². The van der Waals surface area contributed by atoms with Crippen LogP contribution in [-0.2, 0) is 0 Å². The van der Waals surface area contributed by atoms with Crippen molar-refractivity contribution >= 4 is 17.1 Å². The second-order valence-corrected chi connectivity index (χ2v) is 4.21. The van der Waals surface area contributed by atoms with E-state index >= 15 is 0 Å². The Kier molecular flexibility index (Phi) is 2.29. The number of oxazole rings is 1. The number of nitrogens with zero attached hydrogens (tertiary/aromatic N) is 2. The van der Waals surface area contributed by atoms with Crippen molar-refractivity contribution in [3.63, 3.8) is 0 Å². The van der Waals surface area contributed by atoms with Crippen LogP contribution in [0.1, 0.15) is 6.92 Å². The molecule has 1 aliphatic heterocycles. The number of piperazine rings is 1. The molecule has 1 aromatic heterocycles. The topological polar surface area (TPSA) is 41.3 Å². The zero-order valence-electron chi connectivity index (χ0n) is 9.31. The van der Waals surface area contributed by atoms with E-state index in [-0.39, 0.29) is 0 Å². The molecule has 1 aliphatic rings. The molecule has 0 amide bonds. The number of fused-ring (bicyclic) bond motifs is 1. The Labute approximate surface area is 94.3 Å². The Hall–Kier alpha value is -1.55. The van der Waals surface area contributed by atoms with Crippen molar-refractivity contribution in [1.29, 1.82) is 0 Å². The number of anilines is 1. The third kappa shape index (κ3) is 1.55. The van der Waals surface area contributed by atoms with Gasteiger partial charge in [-0.3, -0.25) is 0 Å². The molecule has 1 saturated heterocycles. The minimum absolute atomic E-state index is 0.432. The van der Waals surface area contributed by atoms with Crippen molar-refractivity contribution in [3.8, 4) is 0 Å². The number of rotatable bonds is 1. The quantitative estimate of drug-likeness (QED) is 0.788. The van der Waals surface area contributed by atoms with Crippen LogP contribution in [0.5, 0.6) is 0 Å². The second kappa shape index (κ2) is 3.79. The summed E-state index contributed by atoms with van der Waals surface area (Å²) in [7, 11) is 0. The molecule has 2 heterocycles. The third-order valence-electron chi connectivity index (χ3n) is 3.03. The summed E-state index contributed by atoms with van der Waals surface area (Å²) in [5.74, 6) is 0. The Morgan fingerprint density at radius 2 is 2.31 bits per heavy atom. The number of nitrogens with one attached hydrogen (secondary N) is 1. The van der Waals surface area contributed by atoms with Crippen molar-refractivity contribution in [2.75, 3.05) is 24.5 Å². The van der Waals surface area contributed by atoms with Crippen LogP contribution in [0.2, 0.25) is 0 Å². The van der Waals surface area contributed by atoms with Crippen molar-refractivity contribution in [1.82, 2.24) is 10.3 Å². The van der Waals surface area contributed by atoms with Gasteiger partial charge in [-0.1, -0.05) is 12.1 Å². The first-order valence-electron chi connectivity index (χ1n) is 5.67. The average molecular weight is 217 g/mol. The van der Waals surface area contributed by atoms with E-state index in [0.717, 1.165) is 36.7 Å². The zero-order valence-corrected chi connectivity index (χ0v) is 9.31. The van der Waals surface area contributed by atoms with Crippen LogP contribution >= 0.6 is 0 Å². The van der Waals surface area contributed by atoms with E-state index in [1.807, 2.05) is 24.3 Å². The van der Waals surface area contributed by atoms with E-state index in [1.54, 1.807) is 0 Å². The molecule has 0 aliphatic carbocycles. The highest BCUT2D eigenvalue weighted by atomic mass is 16.4. The number of aromatic nitrogens is 1. The van der Waals surface area contributed by atoms with Crippen molar-refractivity contribution < 1.29 is 4.42 Å². The predicted molar refractivity (Wildman–Crippen MR) is 63.7 cm³/mol. The highest BCUT2D eigenvalue weighted by molar-refractivity contribution is 5.74. The van der Waals surface area contributed by atoms with E-state index in [2.05, 4.69) is 22.1 Å². The maximum atomic E-state index is 5.76. The summed E-state index contributed by atoms with van der Waals surface area (Å²) in [6.45, 7) is 5.11. The molecule has 2 aromatic rings. The SMILES string of the molecule is C[C@@H]1CNCCN1c1nc2ccccc2o1. The molecular weight excluding hydrogens is 202 g/mol. The first kappa shape index (κ1) is 9.66. The smallest absolute Gasteiger partial charge is 0.298 e. The second-order valence-electron chi connectivity index (χ2n) is 4.21. The normalized spacial score (nSPS) is 21.6. The molecule has 1 atom stereocenters. The van der Waals surface area contributed by atoms with Gasteiger partial charge in [0.1, 0.15) is 5.52 Å². The van der Waals surface area contributed by atoms with Crippen molar-refractivity contribution in [2.24, 2.45) is 0 Å². The first-order valence-corrected chi connectivity index (χ1v) is 5.67. The van der Waals surface area contributed by atoms with E-state index in [4.69, 9.17) is 4.42 Å². The van der Waals surface area contributed by atoms with Crippen LogP contribution in [0.4, 0.5) is 6.01 Å². The fourth-order valence-electron chi connectivity index (χ4n) is 2.11. The van der Waals surface area contributed by atoms with Crippen LogP contribution in [-0.4, -0.2) is 30.7 Å². The lowest BCUT2D eigenvalue weighted by molar-refractivity contribution is 0.456. The Morgan fingerprint density at radius 3 is 3.12 bits per heavy atom. The molecule has 4 nitrogen and oxygen atoms in total. The van der Waals surface area contributed by atoms with Gasteiger partial charge in [0, 0.05) is 25.7 Å². The van der Waals surface area contributed by atoms with Crippen LogP contribution in [0, 0.1) is 0 Å². The Morgan fingerprint density at radius 1 is 1.44 bits per heavy atom. The summed E-state index contributed by atoms with van der Waals surface area (Å²) in [5, 5.41) is 3.36. The summed E-state index contributed by atoms with van der Waals surface area (Å²) in [6, 6.07) is 9.07. The summed E-state index contributed by atoms with van der Waals surface area (Å²) < 4.78 is 5.76. The highest BCUT2D eigenvalue weighted by Gasteiger charge is 2.22. The number of hydrogen-bond donors (Lipinski definition) is 1. The standard InChI is InChI=1S/C12H15N3O/c1-9-8-13-6-7-15(9)12-14-10-4-2-3-5-11(10)16-12/h2-5,9,13H,6-8H2,1H3/t9-/m1/s1. The summed E-state index contributed by atoms with van der Waals surface area (Å²) in [6.07, 6.45) is 0. The Bertz CT molecular complexity index is 461. The molecule has 4 heteroatoms. The molecule has 0 unspecified atom stereocenters. The van der Waals surface area contributed by atoms with Crippen LogP contribution in [0.3, 0.4) is 0 Å². The highest BCUT2D eigenvalue weighted by Crippen LogP contribution is 2.23. The first-order chi connectivity index (χ1) is 7.84. The molecule has 0 radical (unpaired) electrons. The van der Waals surface area contributed by atoms with E-state index < -0.39 is 0 Å². The van der Waals surface area contributed by atoms with Gasteiger partial charge in [0.25, 0.3) is 6.01 Å². The largest absolute Gasteiger partial charge is 0.423 e. The van der Waals surface area contributed by atoms with Gasteiger partial charge in [0.15, 0.2) is 5.58 Å². The fourth-order valence-corrected chi connectivity index (χ4v) is 2.11. The maximum Gasteiger partial charge on any atom is 0.298 e. The average Bonchev–Trinajstić information content (AvgIpc) is 2.73. The minimum Gasteiger partial charge on any atom is -0.423 e. The molecule has 84 valence electrons. The van der Waals surface area contributed by atoms with Crippen molar-refractivity contribution in [3.05, 3.63) is 24.3 Å². The molecular formula is C12H15N3O. The molecule has 0 saturated carbocycles. The van der Waals surface area contributed by atoms with Gasteiger partial charge in [-0.25, -0.2) is 0 Å². The van der Waals surface area contributed by atoms with Gasteiger partial charge in [0.2, 0.25) is 0 Å². The molecule has 3 rings (SSSR count). The van der Waals surface area contributed by atoms with Crippen LogP contribution in [0.15, 0.2) is 28.7 Å². The lowest BCUT2D eigenvalue weighted by atomic mass is 10.2. The fraction of sp³-hybridized carbons (Fsp3) is 0.417. The van der Waals surface area contributed by atoms with Gasteiger partial charge in [-0.05, 0) is 19.1 Å². The molecule has 0 spiro atoms. The summed E-state index contributed by atoms with van der Waals surface area (Å²) in [5.41, 5.74) is 1.80. The zero-order chi connectivity index (χ0) is 11.0. The Balaban J connectivity index is 1.98. The van der Waals surface area contributed by atoms with Crippen LogP contribution in [0.25, 0.3) is 11.1 Å². The molecule has 16 heavy (non-hydrogen) atoms. The molecule has 1 N–H and O–H groups in total. The third-order valence-corrected chi connectivity index (χ3v) is 3.03. The van der Waals surface area contributed by atoms with Gasteiger partial charge in [-0.2, -0.15) is 4.98 Å². The van der Waals surface area contributed by atoms with E-state index in [9.17, 15) is 0 Å². The predicted octanol–water partition coefficient (Wildman–Crippen LogP) is 1.63. The molecule has 0 bridgehead atoms. The number of hydrogen-bond acceptors (Lipinski definition) is 4. The van der Waals surface area contributed by atoms with Gasteiger partial charge >= 0.3 is 0 Å². The van der Waals surface area contributed by atoms with Gasteiger partial charge in [-0.15, -0.1) is 0 Å². The summed E-state index contributed by atoms with van der Waals surface area (Å²) in [4.78, 5) is 6.74. The summed E-state index contributed by atoms with van der Waals surface area (Å²) >= 11 is 0. The minimum atomic E-state index is 0.432. The van der Waals surface area contributed by atoms with Gasteiger partial charge < -0.3 is 14.6 Å². The monoisotopic (exact) mass is 217 g/mol. The lowest BCUT2D eigenvalue weighted by Gasteiger charge is -2.32. The van der Waals surface area contributed by atoms with Gasteiger partial charge in [0.05, 0.1) is 0 Å². The van der Waals surface area contributed by atoms with E-state index in [1.165, 1.54) is 0 Å².